The first-order valence-corrected chi connectivity index (χ1v) is 11.8. The number of hydrogen-bond acceptors (Lipinski definition) is 3. The molecule has 1 saturated carbocycles. The Bertz CT molecular complexity index is 1020. The summed E-state index contributed by atoms with van der Waals surface area (Å²) >= 11 is 0. The highest BCUT2D eigenvalue weighted by Crippen LogP contribution is 2.33. The zero-order valence-corrected chi connectivity index (χ0v) is 19.6. The van der Waals surface area contributed by atoms with E-state index < -0.39 is 5.60 Å². The molecule has 1 heterocycles. The maximum Gasteiger partial charge on any atom is 0.251 e. The molecule has 2 aromatic carbocycles. The fraction of sp³-hybridized carbons (Fsp3) is 0.481. The van der Waals surface area contributed by atoms with Crippen LogP contribution in [0.25, 0.3) is 11.1 Å². The topological polar surface area (TPSA) is 58.6 Å². The molecule has 1 aliphatic heterocycles. The maximum absolute atomic E-state index is 13.7. The molecule has 0 unspecified atom stereocenters. The van der Waals surface area contributed by atoms with E-state index in [1.165, 1.54) is 19.2 Å². The number of nitrogens with one attached hydrogen (secondary N) is 1. The Morgan fingerprint density at radius 1 is 1.09 bits per heavy atom. The Morgan fingerprint density at radius 2 is 1.79 bits per heavy atom. The zero-order valence-electron chi connectivity index (χ0n) is 19.6. The summed E-state index contributed by atoms with van der Waals surface area (Å²) in [5.41, 5.74) is 1.87. The average Bonchev–Trinajstić information content (AvgIpc) is 3.14. The van der Waals surface area contributed by atoms with Gasteiger partial charge in [-0.25, -0.2) is 4.39 Å². The van der Waals surface area contributed by atoms with Crippen molar-refractivity contribution in [2.24, 2.45) is 5.92 Å². The molecule has 33 heavy (non-hydrogen) atoms. The molecule has 4 rings (SSSR count). The SMILES string of the molecule is COC(C)(C)C(=O)N[C@H]1CCN(C(=O)C2CCC2)[C@H]1Cc1cccc(-c2cccc(F)c2)c1. The third kappa shape index (κ3) is 5.11. The van der Waals surface area contributed by atoms with Crippen molar-refractivity contribution in [3.05, 3.63) is 59.9 Å². The van der Waals surface area contributed by atoms with E-state index in [0.29, 0.717) is 13.0 Å². The summed E-state index contributed by atoms with van der Waals surface area (Å²) in [5, 5.41) is 3.15. The lowest BCUT2D eigenvalue weighted by atomic mass is 9.84. The lowest BCUT2D eigenvalue weighted by Gasteiger charge is -2.35. The van der Waals surface area contributed by atoms with Crippen LogP contribution < -0.4 is 5.32 Å². The van der Waals surface area contributed by atoms with Crippen LogP contribution in [0.2, 0.25) is 0 Å². The molecule has 2 aliphatic rings. The number of rotatable bonds is 7. The van der Waals surface area contributed by atoms with E-state index in [2.05, 4.69) is 11.4 Å². The molecule has 2 fully saturated rings. The number of nitrogens with zero attached hydrogens (tertiary/aromatic N) is 1. The van der Waals surface area contributed by atoms with Crippen molar-refractivity contribution in [2.75, 3.05) is 13.7 Å². The summed E-state index contributed by atoms with van der Waals surface area (Å²) in [5.74, 6) is -0.132. The highest BCUT2D eigenvalue weighted by molar-refractivity contribution is 5.85. The molecule has 0 radical (unpaired) electrons. The molecule has 1 aliphatic carbocycles. The normalized spacial score (nSPS) is 21.0. The summed E-state index contributed by atoms with van der Waals surface area (Å²) in [7, 11) is 1.52. The lowest BCUT2D eigenvalue weighted by Crippen LogP contribution is -2.54. The smallest absolute Gasteiger partial charge is 0.251 e. The molecule has 0 aromatic heterocycles. The van der Waals surface area contributed by atoms with E-state index in [-0.39, 0.29) is 35.6 Å². The summed E-state index contributed by atoms with van der Waals surface area (Å²) in [6, 6.07) is 14.3. The Hall–Kier alpha value is -2.73. The van der Waals surface area contributed by atoms with Crippen LogP contribution in [0.4, 0.5) is 4.39 Å². The highest BCUT2D eigenvalue weighted by atomic mass is 19.1. The number of benzene rings is 2. The first kappa shape index (κ1) is 23.4. The summed E-state index contributed by atoms with van der Waals surface area (Å²) in [6.45, 7) is 4.13. The van der Waals surface area contributed by atoms with Crippen LogP contribution in [0.15, 0.2) is 48.5 Å². The third-order valence-corrected chi connectivity index (χ3v) is 7.19. The van der Waals surface area contributed by atoms with E-state index in [4.69, 9.17) is 4.74 Å². The molecule has 0 spiro atoms. The van der Waals surface area contributed by atoms with Gasteiger partial charge in [0.2, 0.25) is 5.91 Å². The first-order valence-electron chi connectivity index (χ1n) is 11.8. The minimum atomic E-state index is -0.937. The van der Waals surface area contributed by atoms with E-state index >= 15 is 0 Å². The zero-order chi connectivity index (χ0) is 23.6. The molecule has 2 atom stereocenters. The number of likely N-dealkylation sites (tertiary alicyclic amines) is 1. The predicted molar refractivity (Wildman–Crippen MR) is 126 cm³/mol. The van der Waals surface area contributed by atoms with Crippen LogP contribution >= 0.6 is 0 Å². The van der Waals surface area contributed by atoms with Crippen molar-refractivity contribution in [2.45, 2.75) is 63.6 Å². The van der Waals surface area contributed by atoms with Gasteiger partial charge < -0.3 is 15.0 Å². The van der Waals surface area contributed by atoms with Gasteiger partial charge in [0.1, 0.15) is 11.4 Å². The van der Waals surface area contributed by atoms with Crippen molar-refractivity contribution >= 4 is 11.8 Å². The Kier molecular flexibility index (Phi) is 6.84. The number of amides is 2. The van der Waals surface area contributed by atoms with Crippen LogP contribution in [0.1, 0.15) is 45.1 Å². The van der Waals surface area contributed by atoms with Crippen LogP contribution in [0.5, 0.6) is 0 Å². The second kappa shape index (κ2) is 9.64. The minimum Gasteiger partial charge on any atom is -0.369 e. The van der Waals surface area contributed by atoms with Crippen LogP contribution in [0.3, 0.4) is 0 Å². The summed E-state index contributed by atoms with van der Waals surface area (Å²) in [4.78, 5) is 28.0. The fourth-order valence-corrected chi connectivity index (χ4v) is 4.66. The van der Waals surface area contributed by atoms with Crippen molar-refractivity contribution in [1.82, 2.24) is 10.2 Å². The Labute approximate surface area is 195 Å². The molecule has 5 nitrogen and oxygen atoms in total. The van der Waals surface area contributed by atoms with Crippen LogP contribution in [0, 0.1) is 11.7 Å². The molecular weight excluding hydrogens is 419 g/mol. The van der Waals surface area contributed by atoms with Crippen LogP contribution in [-0.2, 0) is 20.7 Å². The van der Waals surface area contributed by atoms with Gasteiger partial charge in [-0.1, -0.05) is 42.8 Å². The standard InChI is InChI=1S/C27H33FN2O3/c1-27(2,33-3)26(32)29-23-13-14-30(25(31)19-8-5-9-19)24(23)16-18-7-4-10-20(15-18)21-11-6-12-22(28)17-21/h4,6-7,10-12,15,17,19,23-24H,5,8-9,13-14,16H2,1-3H3,(H,29,32)/t23-,24-/m0/s1. The number of halogens is 1. The van der Waals surface area contributed by atoms with Crippen LogP contribution in [-0.4, -0.2) is 48.1 Å². The number of hydrogen-bond donors (Lipinski definition) is 1. The van der Waals surface area contributed by atoms with E-state index in [0.717, 1.165) is 42.4 Å². The van der Waals surface area contributed by atoms with Crippen molar-refractivity contribution in [1.29, 1.82) is 0 Å². The first-order chi connectivity index (χ1) is 15.8. The van der Waals surface area contributed by atoms with Crippen molar-refractivity contribution in [3.8, 4) is 11.1 Å². The van der Waals surface area contributed by atoms with Gasteiger partial charge in [-0.2, -0.15) is 0 Å². The molecular formula is C27H33FN2O3. The number of carbonyl (C=O) groups is 2. The number of methoxy groups -OCH3 is 1. The van der Waals surface area contributed by atoms with Gasteiger partial charge in [0, 0.05) is 19.6 Å². The summed E-state index contributed by atoms with van der Waals surface area (Å²) < 4.78 is 19.1. The highest BCUT2D eigenvalue weighted by Gasteiger charge is 2.42. The molecule has 1 saturated heterocycles. The Balaban J connectivity index is 1.58. The lowest BCUT2D eigenvalue weighted by molar-refractivity contribution is -0.142. The number of ether oxygens (including phenoxy) is 1. The second-order valence-corrected chi connectivity index (χ2v) is 9.72. The quantitative estimate of drug-likeness (QED) is 0.680. The molecule has 1 N–H and O–H groups in total. The molecule has 2 aromatic rings. The van der Waals surface area contributed by atoms with Gasteiger partial charge in [-0.05, 0) is 68.4 Å². The Morgan fingerprint density at radius 3 is 2.42 bits per heavy atom. The van der Waals surface area contributed by atoms with Gasteiger partial charge in [0.25, 0.3) is 5.91 Å². The van der Waals surface area contributed by atoms with Gasteiger partial charge in [-0.3, -0.25) is 9.59 Å². The number of carbonyl (C=O) groups excluding carboxylic acids is 2. The molecule has 2 amide bonds. The molecule has 6 heteroatoms. The predicted octanol–water partition coefficient (Wildman–Crippen LogP) is 4.35. The minimum absolute atomic E-state index is 0.107. The monoisotopic (exact) mass is 452 g/mol. The largest absolute Gasteiger partial charge is 0.369 e. The van der Waals surface area contributed by atoms with Gasteiger partial charge >= 0.3 is 0 Å². The van der Waals surface area contributed by atoms with Gasteiger partial charge in [0.05, 0.1) is 12.1 Å². The summed E-state index contributed by atoms with van der Waals surface area (Å²) in [6.07, 6.45) is 4.35. The van der Waals surface area contributed by atoms with Crippen molar-refractivity contribution < 1.29 is 18.7 Å². The van der Waals surface area contributed by atoms with E-state index in [9.17, 15) is 14.0 Å². The maximum atomic E-state index is 13.7. The van der Waals surface area contributed by atoms with Crippen molar-refractivity contribution in [3.63, 3.8) is 0 Å². The fourth-order valence-electron chi connectivity index (χ4n) is 4.66. The van der Waals surface area contributed by atoms with Gasteiger partial charge in [-0.15, -0.1) is 0 Å². The molecule has 0 bridgehead atoms. The average molecular weight is 453 g/mol. The third-order valence-electron chi connectivity index (χ3n) is 7.19. The van der Waals surface area contributed by atoms with E-state index in [1.807, 2.05) is 29.2 Å². The second-order valence-electron chi connectivity index (χ2n) is 9.72. The molecule has 176 valence electrons. The van der Waals surface area contributed by atoms with E-state index in [1.54, 1.807) is 19.9 Å². The van der Waals surface area contributed by atoms with Gasteiger partial charge in [0.15, 0.2) is 0 Å².